The predicted molar refractivity (Wildman–Crippen MR) is 153 cm³/mol. The zero-order valence-corrected chi connectivity index (χ0v) is 22.9. The summed E-state index contributed by atoms with van der Waals surface area (Å²) in [6.07, 6.45) is 8.37. The average molecular weight is 545 g/mol. The lowest BCUT2D eigenvalue weighted by Gasteiger charge is -2.09. The molecule has 0 aromatic heterocycles. The van der Waals surface area contributed by atoms with Gasteiger partial charge < -0.3 is 18.9 Å². The van der Waals surface area contributed by atoms with Gasteiger partial charge in [-0.2, -0.15) is 0 Å². The lowest BCUT2D eigenvalue weighted by molar-refractivity contribution is -0.137. The summed E-state index contributed by atoms with van der Waals surface area (Å²) in [6, 6.07) is 20.4. The molecule has 0 heterocycles. The third-order valence-electron chi connectivity index (χ3n) is 6.06. The second-order valence-electron chi connectivity index (χ2n) is 9.21. The molecular weight excluding hydrogens is 508 g/mol. The first-order valence-electron chi connectivity index (χ1n) is 13.6. The van der Waals surface area contributed by atoms with Crippen LogP contribution in [0.3, 0.4) is 0 Å². The molecule has 3 aromatic rings. The molecule has 0 amide bonds. The molecule has 3 rings (SSSR count). The summed E-state index contributed by atoms with van der Waals surface area (Å²) in [4.78, 5) is 36.0. The lowest BCUT2D eigenvalue weighted by atomic mass is 10.1. The van der Waals surface area contributed by atoms with Crippen LogP contribution in [0, 0.1) is 0 Å². The minimum Gasteiger partial charge on any atom is -0.494 e. The van der Waals surface area contributed by atoms with Gasteiger partial charge >= 0.3 is 17.9 Å². The first-order valence-corrected chi connectivity index (χ1v) is 13.6. The molecule has 0 atom stereocenters. The van der Waals surface area contributed by atoms with E-state index in [1.807, 2.05) is 24.3 Å². The number of aryl methyl sites for hydroxylation is 1. The Hall–Kier alpha value is -4.39. The van der Waals surface area contributed by atoms with Crippen LogP contribution in [-0.2, 0) is 16.0 Å². The molecule has 7 nitrogen and oxygen atoms in total. The third kappa shape index (κ3) is 10.4. The molecule has 0 fully saturated rings. The zero-order valence-electron chi connectivity index (χ0n) is 22.9. The van der Waals surface area contributed by atoms with Crippen LogP contribution in [0.5, 0.6) is 17.2 Å². The second-order valence-corrected chi connectivity index (χ2v) is 9.21. The van der Waals surface area contributed by atoms with E-state index in [0.29, 0.717) is 54.4 Å². The second kappa shape index (κ2) is 16.5. The lowest BCUT2D eigenvalue weighted by Crippen LogP contribution is -2.10. The average Bonchev–Trinajstić information content (AvgIpc) is 2.98. The number of hydrogen-bond acceptors (Lipinski definition) is 7. The Kier molecular flexibility index (Phi) is 12.5. The SMILES string of the molecule is C=CC(=O)OCCCCOc1ccc(C(=O)Oc2ccc(C(=O)Oc3ccc(CCCCCC)cc3)cc2)cc1. The van der Waals surface area contributed by atoms with Crippen molar-refractivity contribution in [1.82, 2.24) is 0 Å². The van der Waals surface area contributed by atoms with Crippen molar-refractivity contribution in [3.63, 3.8) is 0 Å². The number of esters is 3. The number of ether oxygens (including phenoxy) is 4. The van der Waals surface area contributed by atoms with Gasteiger partial charge in [0.2, 0.25) is 0 Å². The van der Waals surface area contributed by atoms with Crippen molar-refractivity contribution < 1.29 is 33.3 Å². The highest BCUT2D eigenvalue weighted by molar-refractivity contribution is 5.92. The van der Waals surface area contributed by atoms with E-state index in [2.05, 4.69) is 13.5 Å². The molecule has 0 radical (unpaired) electrons. The van der Waals surface area contributed by atoms with Gasteiger partial charge in [-0.25, -0.2) is 14.4 Å². The normalized spacial score (nSPS) is 10.4. The highest BCUT2D eigenvalue weighted by Gasteiger charge is 2.12. The van der Waals surface area contributed by atoms with E-state index < -0.39 is 17.9 Å². The molecule has 0 aliphatic carbocycles. The minimum absolute atomic E-state index is 0.312. The van der Waals surface area contributed by atoms with Crippen LogP contribution in [0.25, 0.3) is 0 Å². The van der Waals surface area contributed by atoms with E-state index in [1.165, 1.54) is 24.8 Å². The molecule has 0 aliphatic heterocycles. The summed E-state index contributed by atoms with van der Waals surface area (Å²) >= 11 is 0. The van der Waals surface area contributed by atoms with E-state index in [1.54, 1.807) is 48.5 Å². The van der Waals surface area contributed by atoms with Gasteiger partial charge in [-0.05, 0) is 91.9 Å². The van der Waals surface area contributed by atoms with Gasteiger partial charge in [-0.1, -0.05) is 44.9 Å². The smallest absolute Gasteiger partial charge is 0.343 e. The molecule has 0 unspecified atom stereocenters. The Labute approximate surface area is 235 Å². The van der Waals surface area contributed by atoms with Crippen LogP contribution in [-0.4, -0.2) is 31.1 Å². The first-order chi connectivity index (χ1) is 19.5. The molecule has 3 aromatic carbocycles. The van der Waals surface area contributed by atoms with E-state index in [4.69, 9.17) is 18.9 Å². The number of benzene rings is 3. The van der Waals surface area contributed by atoms with Gasteiger partial charge in [-0.15, -0.1) is 0 Å². The Morgan fingerprint density at radius 3 is 1.73 bits per heavy atom. The van der Waals surface area contributed by atoms with Crippen LogP contribution in [0.4, 0.5) is 0 Å². The molecule has 0 saturated carbocycles. The van der Waals surface area contributed by atoms with Gasteiger partial charge in [0.1, 0.15) is 17.2 Å². The summed E-state index contributed by atoms with van der Waals surface area (Å²) in [5, 5.41) is 0. The summed E-state index contributed by atoms with van der Waals surface area (Å²) in [5.41, 5.74) is 1.94. The largest absolute Gasteiger partial charge is 0.494 e. The summed E-state index contributed by atoms with van der Waals surface area (Å²) < 4.78 is 21.5. The predicted octanol–water partition coefficient (Wildman–Crippen LogP) is 7.14. The summed E-state index contributed by atoms with van der Waals surface area (Å²) in [6.45, 7) is 6.30. The quantitative estimate of drug-likeness (QED) is 0.0820. The number of carbonyl (C=O) groups excluding carboxylic acids is 3. The van der Waals surface area contributed by atoms with Crippen LogP contribution < -0.4 is 14.2 Å². The maximum atomic E-state index is 12.5. The minimum atomic E-state index is -0.527. The molecular formula is C33H36O7. The monoisotopic (exact) mass is 544 g/mol. The van der Waals surface area contributed by atoms with E-state index >= 15 is 0 Å². The first kappa shape index (κ1) is 30.2. The topological polar surface area (TPSA) is 88.1 Å². The van der Waals surface area contributed by atoms with Crippen LogP contribution >= 0.6 is 0 Å². The maximum absolute atomic E-state index is 12.5. The van der Waals surface area contributed by atoms with Crippen molar-refractivity contribution in [1.29, 1.82) is 0 Å². The highest BCUT2D eigenvalue weighted by Crippen LogP contribution is 2.19. The van der Waals surface area contributed by atoms with Gasteiger partial charge in [0, 0.05) is 6.08 Å². The maximum Gasteiger partial charge on any atom is 0.343 e. The Balaban J connectivity index is 1.41. The number of rotatable bonds is 16. The number of carbonyl (C=O) groups is 3. The third-order valence-corrected chi connectivity index (χ3v) is 6.06. The van der Waals surface area contributed by atoms with Crippen molar-refractivity contribution in [2.45, 2.75) is 51.9 Å². The molecule has 0 N–H and O–H groups in total. The van der Waals surface area contributed by atoms with Gasteiger partial charge in [0.05, 0.1) is 24.3 Å². The Morgan fingerprint density at radius 1 is 0.650 bits per heavy atom. The highest BCUT2D eigenvalue weighted by atomic mass is 16.5. The number of hydrogen-bond donors (Lipinski definition) is 0. The molecule has 0 aliphatic rings. The Morgan fingerprint density at radius 2 is 1.18 bits per heavy atom. The van der Waals surface area contributed by atoms with Crippen molar-refractivity contribution in [3.05, 3.63) is 102 Å². The molecule has 7 heteroatoms. The molecule has 0 bridgehead atoms. The fraction of sp³-hybridized carbons (Fsp3) is 0.303. The van der Waals surface area contributed by atoms with Crippen LogP contribution in [0.2, 0.25) is 0 Å². The molecule has 40 heavy (non-hydrogen) atoms. The summed E-state index contributed by atoms with van der Waals surface area (Å²) in [5.74, 6) is -0.0380. The van der Waals surface area contributed by atoms with Gasteiger partial charge in [-0.3, -0.25) is 0 Å². The van der Waals surface area contributed by atoms with Crippen molar-refractivity contribution in [2.24, 2.45) is 0 Å². The summed E-state index contributed by atoms with van der Waals surface area (Å²) in [7, 11) is 0. The van der Waals surface area contributed by atoms with Crippen molar-refractivity contribution in [3.8, 4) is 17.2 Å². The van der Waals surface area contributed by atoms with Crippen molar-refractivity contribution >= 4 is 17.9 Å². The van der Waals surface area contributed by atoms with Crippen LogP contribution in [0.1, 0.15) is 71.7 Å². The zero-order chi connectivity index (χ0) is 28.6. The van der Waals surface area contributed by atoms with Crippen LogP contribution in [0.15, 0.2) is 85.5 Å². The molecule has 0 saturated heterocycles. The molecule has 210 valence electrons. The Bertz CT molecular complexity index is 1230. The van der Waals surface area contributed by atoms with E-state index in [-0.39, 0.29) is 0 Å². The molecule has 0 spiro atoms. The fourth-order valence-corrected chi connectivity index (χ4v) is 3.78. The van der Waals surface area contributed by atoms with E-state index in [9.17, 15) is 14.4 Å². The van der Waals surface area contributed by atoms with Gasteiger partial charge in [0.25, 0.3) is 0 Å². The fourth-order valence-electron chi connectivity index (χ4n) is 3.78. The standard InChI is InChI=1S/C33H36O7/c1-3-5-6-7-10-25-11-17-29(18-12-25)39-33(36)27-15-21-30(22-16-27)40-32(35)26-13-19-28(20-14-26)37-23-8-9-24-38-31(34)4-2/h4,11-22H,2-3,5-10,23-24H2,1H3. The van der Waals surface area contributed by atoms with Gasteiger partial charge in [0.15, 0.2) is 0 Å². The number of unbranched alkanes of at least 4 members (excludes halogenated alkanes) is 4. The van der Waals surface area contributed by atoms with Crippen molar-refractivity contribution in [2.75, 3.05) is 13.2 Å². The van der Waals surface area contributed by atoms with E-state index in [0.717, 1.165) is 18.9 Å².